The Morgan fingerprint density at radius 2 is 1.69 bits per heavy atom. The second-order valence-corrected chi connectivity index (χ2v) is 18.0. The Morgan fingerprint density at radius 1 is 1.04 bits per heavy atom. The van der Waals surface area contributed by atoms with Crippen LogP contribution in [0.15, 0.2) is 35.4 Å². The van der Waals surface area contributed by atoms with Crippen LogP contribution in [0.25, 0.3) is 0 Å². The first-order valence-corrected chi connectivity index (χ1v) is 20.0. The molecule has 282 valence electrons. The first-order valence-electron chi connectivity index (χ1n) is 18.1. The fourth-order valence-corrected chi connectivity index (χ4v) is 9.71. The highest BCUT2D eigenvalue weighted by Gasteiger charge is 2.51. The van der Waals surface area contributed by atoms with Gasteiger partial charge in [-0.25, -0.2) is 13.1 Å². The highest BCUT2D eigenvalue weighted by Crippen LogP contribution is 2.56. The number of primary amides is 1. The summed E-state index contributed by atoms with van der Waals surface area (Å²) in [5.41, 5.74) is 3.01. The van der Waals surface area contributed by atoms with Gasteiger partial charge in [-0.15, -0.1) is 5.10 Å². The van der Waals surface area contributed by atoms with Gasteiger partial charge in [0, 0.05) is 24.8 Å². The summed E-state index contributed by atoms with van der Waals surface area (Å²) in [6.45, 7) is 3.15. The van der Waals surface area contributed by atoms with Crippen molar-refractivity contribution in [1.82, 2.24) is 30.5 Å². The number of likely N-dealkylation sites (tertiary alicyclic amines) is 1. The van der Waals surface area contributed by atoms with E-state index < -0.39 is 68.5 Å². The van der Waals surface area contributed by atoms with E-state index in [0.717, 1.165) is 44.8 Å². The van der Waals surface area contributed by atoms with Gasteiger partial charge in [-0.2, -0.15) is 0 Å². The number of benzene rings is 1. The molecule has 4 aliphatic rings. The third-order valence-corrected chi connectivity index (χ3v) is 12.9. The fraction of sp³-hybridized carbons (Fsp3) is 0.639. The Hall–Kier alpha value is -4.18. The Morgan fingerprint density at radius 3 is 2.25 bits per heavy atom. The number of carbonyl (C=O) groups is 5. The third-order valence-electron chi connectivity index (χ3n) is 11.8. The molecule has 1 aromatic heterocycles. The maximum atomic E-state index is 14.9. The number of fused-ring (bicyclic) bond motifs is 2. The molecule has 3 atom stereocenters. The van der Waals surface area contributed by atoms with Gasteiger partial charge in [0.15, 0.2) is 9.84 Å². The lowest BCUT2D eigenvalue weighted by Crippen LogP contribution is -2.62. The highest BCUT2D eigenvalue weighted by atomic mass is 32.2. The van der Waals surface area contributed by atoms with E-state index in [-0.39, 0.29) is 41.7 Å². The minimum absolute atomic E-state index is 0.00875. The lowest BCUT2D eigenvalue weighted by Gasteiger charge is -2.38. The Labute approximate surface area is 303 Å². The normalized spacial score (nSPS) is 26.2. The number of Topliss-reactive ketones (excluding diaryl/α,β-unsaturated/α-hetero) is 1. The molecule has 1 aromatic carbocycles. The van der Waals surface area contributed by atoms with Gasteiger partial charge in [0.2, 0.25) is 17.6 Å². The van der Waals surface area contributed by atoms with Crippen LogP contribution in [0.2, 0.25) is 0 Å². The molecule has 6 rings (SSSR count). The van der Waals surface area contributed by atoms with Crippen molar-refractivity contribution >= 4 is 39.2 Å². The number of nitrogens with zero attached hydrogens (tertiary/aromatic N) is 4. The summed E-state index contributed by atoms with van der Waals surface area (Å²) in [5, 5.41) is 24.9. The number of nitrogens with two attached hydrogens (primary N) is 1. The first-order chi connectivity index (χ1) is 24.4. The molecule has 16 heteroatoms. The van der Waals surface area contributed by atoms with Crippen LogP contribution in [0.3, 0.4) is 0 Å². The number of nitrogens with one attached hydrogen (secondary N) is 2. The van der Waals surface area contributed by atoms with E-state index in [1.807, 2.05) is 0 Å². The Bertz CT molecular complexity index is 1840. The molecule has 15 nitrogen and oxygen atoms in total. The molecule has 2 aromatic rings. The third kappa shape index (κ3) is 7.49. The predicted octanol–water partition coefficient (Wildman–Crippen LogP) is 1.69. The monoisotopic (exact) mass is 739 g/mol. The highest BCUT2D eigenvalue weighted by molar-refractivity contribution is 7.90. The van der Waals surface area contributed by atoms with Gasteiger partial charge in [-0.05, 0) is 101 Å². The summed E-state index contributed by atoms with van der Waals surface area (Å²) >= 11 is 0. The lowest BCUT2D eigenvalue weighted by molar-refractivity contribution is -0.145. The largest absolute Gasteiger partial charge is 0.384 e. The minimum Gasteiger partial charge on any atom is -0.384 e. The van der Waals surface area contributed by atoms with Gasteiger partial charge in [0.1, 0.15) is 23.2 Å². The SMILES string of the molecule is CC(C)(O)c1cnnn1[C@H]1C[C@@H](C(=O)NC2(C(=O)C(N)=O)CCCCC2)N(C(=O)C(CC23CCC(CC2)C3)NC(=O)c2ccc(S(C)(=O)=O)cc2)C1. The molecule has 3 saturated carbocycles. The second-order valence-electron chi connectivity index (χ2n) is 16.0. The van der Waals surface area contributed by atoms with Gasteiger partial charge >= 0.3 is 0 Å². The summed E-state index contributed by atoms with van der Waals surface area (Å²) in [5.74, 6) is -3.14. The molecular formula is C36H49N7O8S. The van der Waals surface area contributed by atoms with E-state index in [1.165, 1.54) is 40.0 Å². The molecule has 1 unspecified atom stereocenters. The summed E-state index contributed by atoms with van der Waals surface area (Å²) < 4.78 is 25.6. The van der Waals surface area contributed by atoms with Crippen LogP contribution >= 0.6 is 0 Å². The average Bonchev–Trinajstić information content (AvgIpc) is 3.91. The van der Waals surface area contributed by atoms with Gasteiger partial charge in [0.25, 0.3) is 11.8 Å². The minimum atomic E-state index is -3.50. The molecule has 5 N–H and O–H groups in total. The number of hydrogen-bond acceptors (Lipinski definition) is 10. The van der Waals surface area contributed by atoms with Crippen molar-refractivity contribution in [2.75, 3.05) is 12.8 Å². The van der Waals surface area contributed by atoms with Crippen molar-refractivity contribution in [3.63, 3.8) is 0 Å². The number of rotatable bonds is 12. The van der Waals surface area contributed by atoms with Crippen molar-refractivity contribution in [1.29, 1.82) is 0 Å². The van der Waals surface area contributed by atoms with Crippen LogP contribution < -0.4 is 16.4 Å². The number of carbonyl (C=O) groups excluding carboxylic acids is 5. The van der Waals surface area contributed by atoms with Crippen LogP contribution in [0.4, 0.5) is 0 Å². The van der Waals surface area contributed by atoms with E-state index in [0.29, 0.717) is 30.9 Å². The van der Waals surface area contributed by atoms with Crippen molar-refractivity contribution in [3.05, 3.63) is 41.7 Å². The van der Waals surface area contributed by atoms with Crippen molar-refractivity contribution in [2.45, 2.75) is 125 Å². The maximum absolute atomic E-state index is 14.9. The van der Waals surface area contributed by atoms with Gasteiger partial charge in [-0.3, -0.25) is 24.0 Å². The number of hydrogen-bond donors (Lipinski definition) is 4. The van der Waals surface area contributed by atoms with Gasteiger partial charge in [0.05, 0.1) is 22.8 Å². The van der Waals surface area contributed by atoms with Gasteiger partial charge < -0.3 is 26.4 Å². The zero-order chi connectivity index (χ0) is 37.6. The number of amides is 4. The maximum Gasteiger partial charge on any atom is 0.287 e. The number of sulfone groups is 1. The molecular weight excluding hydrogens is 691 g/mol. The van der Waals surface area contributed by atoms with E-state index >= 15 is 0 Å². The summed E-state index contributed by atoms with van der Waals surface area (Å²) in [4.78, 5) is 69.8. The molecule has 4 fully saturated rings. The molecule has 1 aliphatic heterocycles. The van der Waals surface area contributed by atoms with Crippen LogP contribution in [0.1, 0.15) is 113 Å². The van der Waals surface area contributed by atoms with Crippen LogP contribution in [0, 0.1) is 11.3 Å². The molecule has 0 radical (unpaired) electrons. The van der Waals surface area contributed by atoms with E-state index in [9.17, 15) is 37.5 Å². The number of aliphatic hydroxyl groups is 1. The van der Waals surface area contributed by atoms with Crippen molar-refractivity contribution in [3.8, 4) is 0 Å². The average molecular weight is 740 g/mol. The van der Waals surface area contributed by atoms with E-state index in [1.54, 1.807) is 13.8 Å². The summed E-state index contributed by atoms with van der Waals surface area (Å²) in [6.07, 6.45) is 10.3. The first kappa shape index (κ1) is 37.6. The van der Waals surface area contributed by atoms with Gasteiger partial charge in [-0.1, -0.05) is 24.5 Å². The Balaban J connectivity index is 1.34. The summed E-state index contributed by atoms with van der Waals surface area (Å²) in [7, 11) is -3.50. The fourth-order valence-electron chi connectivity index (χ4n) is 9.08. The second kappa shape index (κ2) is 14.0. The van der Waals surface area contributed by atoms with E-state index in [2.05, 4.69) is 20.9 Å². The van der Waals surface area contributed by atoms with Crippen molar-refractivity contribution < 1.29 is 37.5 Å². The molecule has 3 aliphatic carbocycles. The number of ketones is 1. The standard InChI is InChI=1S/C36H49N7O8S/c1-34(2,49)28-20-38-41-43(28)24-17-27(32(47)40-36(29(44)30(37)45)13-5-4-6-14-36)42(21-24)33(48)26(19-35-15-11-22(18-35)12-16-35)39-31(46)23-7-9-25(10-8-23)52(3,50)51/h7-10,20,22,24,26-27,49H,4-6,11-19,21H2,1-3H3,(H2,37,45)(H,39,46)(H,40,47)/t22?,24-,26?,27-,35?/m0/s1. The zero-order valence-corrected chi connectivity index (χ0v) is 30.8. The quantitative estimate of drug-likeness (QED) is 0.231. The van der Waals surface area contributed by atoms with E-state index in [4.69, 9.17) is 5.73 Å². The molecule has 0 spiro atoms. The smallest absolute Gasteiger partial charge is 0.287 e. The predicted molar refractivity (Wildman–Crippen MR) is 187 cm³/mol. The Kier molecular flexibility index (Phi) is 10.1. The van der Waals surface area contributed by atoms with Crippen LogP contribution in [-0.4, -0.2) is 93.3 Å². The van der Waals surface area contributed by atoms with Crippen molar-refractivity contribution in [2.24, 2.45) is 17.1 Å². The zero-order valence-electron chi connectivity index (χ0n) is 30.0. The lowest BCUT2D eigenvalue weighted by atomic mass is 9.77. The molecule has 1 saturated heterocycles. The van der Waals surface area contributed by atoms with Crippen LogP contribution in [-0.2, 0) is 34.6 Å². The van der Waals surface area contributed by atoms with Crippen LogP contribution in [0.5, 0.6) is 0 Å². The molecule has 52 heavy (non-hydrogen) atoms. The number of aromatic nitrogens is 3. The molecule has 2 heterocycles. The topological polar surface area (TPSA) is 224 Å². The molecule has 2 bridgehead atoms. The molecule has 4 amide bonds. The summed E-state index contributed by atoms with van der Waals surface area (Å²) in [6, 6.07) is 2.73.